The lowest BCUT2D eigenvalue weighted by molar-refractivity contribution is 0.281. The summed E-state index contributed by atoms with van der Waals surface area (Å²) in [6.45, 7) is 7.77. The smallest absolute Gasteiger partial charge is 0.119 e. The highest BCUT2D eigenvalue weighted by Crippen LogP contribution is 2.21. The molecule has 21 heavy (non-hydrogen) atoms. The van der Waals surface area contributed by atoms with Crippen LogP contribution < -0.4 is 4.74 Å². The van der Waals surface area contributed by atoms with Crippen LogP contribution in [0.25, 0.3) is 0 Å². The van der Waals surface area contributed by atoms with E-state index in [9.17, 15) is 0 Å². The molecule has 1 aromatic carbocycles. The lowest BCUT2D eigenvalue weighted by atomic mass is 10.1. The van der Waals surface area contributed by atoms with Crippen LogP contribution in [0.15, 0.2) is 24.3 Å². The van der Waals surface area contributed by atoms with Gasteiger partial charge in [-0.3, -0.25) is 4.90 Å². The molecule has 1 aromatic rings. The van der Waals surface area contributed by atoms with E-state index in [0.29, 0.717) is 0 Å². The van der Waals surface area contributed by atoms with Crippen LogP contribution in [0, 0.1) is 5.92 Å². The Morgan fingerprint density at radius 2 is 2.00 bits per heavy atom. The van der Waals surface area contributed by atoms with E-state index in [-0.39, 0.29) is 0 Å². The molecule has 0 N–H and O–H groups in total. The Bertz CT molecular complexity index is 402. The maximum Gasteiger partial charge on any atom is 0.119 e. The van der Waals surface area contributed by atoms with Gasteiger partial charge in [0.05, 0.1) is 6.61 Å². The van der Waals surface area contributed by atoms with Gasteiger partial charge in [0.2, 0.25) is 0 Å². The Hall–Kier alpha value is -1.06. The highest BCUT2D eigenvalue weighted by molar-refractivity contribution is 5.27. The Morgan fingerprint density at radius 3 is 2.62 bits per heavy atom. The summed E-state index contributed by atoms with van der Waals surface area (Å²) >= 11 is 0. The lowest BCUT2D eigenvalue weighted by Gasteiger charge is -2.16. The van der Waals surface area contributed by atoms with Crippen LogP contribution in [0.1, 0.15) is 31.7 Å². The summed E-state index contributed by atoms with van der Waals surface area (Å²) in [6, 6.07) is 8.64. The van der Waals surface area contributed by atoms with Crippen molar-refractivity contribution < 1.29 is 4.74 Å². The van der Waals surface area contributed by atoms with E-state index in [1.807, 2.05) is 0 Å². The number of benzene rings is 1. The van der Waals surface area contributed by atoms with Crippen LogP contribution in [0.3, 0.4) is 0 Å². The highest BCUT2D eigenvalue weighted by atomic mass is 16.5. The van der Waals surface area contributed by atoms with Gasteiger partial charge >= 0.3 is 0 Å². The zero-order valence-electron chi connectivity index (χ0n) is 13.8. The predicted molar refractivity (Wildman–Crippen MR) is 88.8 cm³/mol. The van der Waals surface area contributed by atoms with Crippen molar-refractivity contribution in [2.45, 2.75) is 32.7 Å². The van der Waals surface area contributed by atoms with E-state index in [0.717, 1.165) is 37.8 Å². The normalized spacial score (nSPS) is 19.3. The largest absolute Gasteiger partial charge is 0.494 e. The van der Waals surface area contributed by atoms with Crippen molar-refractivity contribution in [2.75, 3.05) is 40.3 Å². The average Bonchev–Trinajstić information content (AvgIpc) is 2.93. The topological polar surface area (TPSA) is 15.7 Å². The quantitative estimate of drug-likeness (QED) is 0.684. The molecular formula is C18H30N2O. The minimum atomic E-state index is 0.793. The van der Waals surface area contributed by atoms with Crippen molar-refractivity contribution in [1.29, 1.82) is 0 Å². The highest BCUT2D eigenvalue weighted by Gasteiger charge is 2.20. The third-order valence-corrected chi connectivity index (χ3v) is 4.30. The van der Waals surface area contributed by atoms with E-state index in [4.69, 9.17) is 4.74 Å². The fraction of sp³-hybridized carbons (Fsp3) is 0.667. The first-order valence-electron chi connectivity index (χ1n) is 8.26. The maximum atomic E-state index is 5.78. The van der Waals surface area contributed by atoms with E-state index in [2.05, 4.69) is 55.1 Å². The van der Waals surface area contributed by atoms with Crippen molar-refractivity contribution in [3.05, 3.63) is 29.8 Å². The van der Waals surface area contributed by atoms with Crippen molar-refractivity contribution in [3.63, 3.8) is 0 Å². The van der Waals surface area contributed by atoms with Crippen molar-refractivity contribution >= 4 is 0 Å². The fourth-order valence-electron chi connectivity index (χ4n) is 2.91. The average molecular weight is 290 g/mol. The molecular weight excluding hydrogens is 260 g/mol. The van der Waals surface area contributed by atoms with Gasteiger partial charge in [0, 0.05) is 19.6 Å². The molecule has 1 aliphatic rings. The van der Waals surface area contributed by atoms with Gasteiger partial charge in [0.1, 0.15) is 5.75 Å². The number of hydrogen-bond donors (Lipinski definition) is 0. The summed E-state index contributed by atoms with van der Waals surface area (Å²) in [5, 5.41) is 0. The summed E-state index contributed by atoms with van der Waals surface area (Å²) < 4.78 is 5.78. The lowest BCUT2D eigenvalue weighted by Crippen LogP contribution is -2.19. The molecule has 2 rings (SSSR count). The van der Waals surface area contributed by atoms with Gasteiger partial charge in [-0.2, -0.15) is 0 Å². The minimum absolute atomic E-state index is 0.793. The monoisotopic (exact) mass is 290 g/mol. The van der Waals surface area contributed by atoms with Gasteiger partial charge in [-0.25, -0.2) is 0 Å². The molecule has 0 radical (unpaired) electrons. The van der Waals surface area contributed by atoms with Gasteiger partial charge in [-0.1, -0.05) is 25.5 Å². The van der Waals surface area contributed by atoms with Crippen molar-refractivity contribution in [3.8, 4) is 5.75 Å². The second kappa shape index (κ2) is 8.40. The summed E-state index contributed by atoms with van der Waals surface area (Å²) in [5.74, 6) is 1.90. The molecule has 1 atom stereocenters. The van der Waals surface area contributed by atoms with Crippen LogP contribution in [0.2, 0.25) is 0 Å². The molecule has 0 saturated carbocycles. The Kier molecular flexibility index (Phi) is 6.52. The number of ether oxygens (including phenoxy) is 1. The Balaban J connectivity index is 1.72. The SMILES string of the molecule is CC[C@H]1CCN(Cc2ccc(OCCCN(C)C)cc2)C1. The van der Waals surface area contributed by atoms with E-state index < -0.39 is 0 Å². The molecule has 1 heterocycles. The van der Waals surface area contributed by atoms with Crippen LogP contribution >= 0.6 is 0 Å². The molecule has 0 spiro atoms. The zero-order valence-corrected chi connectivity index (χ0v) is 13.8. The zero-order chi connectivity index (χ0) is 15.1. The summed E-state index contributed by atoms with van der Waals surface area (Å²) in [6.07, 6.45) is 3.75. The Morgan fingerprint density at radius 1 is 1.24 bits per heavy atom. The minimum Gasteiger partial charge on any atom is -0.494 e. The molecule has 118 valence electrons. The molecule has 1 aliphatic heterocycles. The van der Waals surface area contributed by atoms with Crippen LogP contribution in [0.4, 0.5) is 0 Å². The van der Waals surface area contributed by atoms with E-state index in [1.165, 1.54) is 31.5 Å². The number of hydrogen-bond acceptors (Lipinski definition) is 3. The molecule has 0 aliphatic carbocycles. The maximum absolute atomic E-state index is 5.78. The van der Waals surface area contributed by atoms with Crippen LogP contribution in [0.5, 0.6) is 5.75 Å². The third-order valence-electron chi connectivity index (χ3n) is 4.30. The third kappa shape index (κ3) is 5.68. The molecule has 0 aromatic heterocycles. The molecule has 0 bridgehead atoms. The van der Waals surface area contributed by atoms with Gasteiger partial charge < -0.3 is 9.64 Å². The molecule has 3 heteroatoms. The van der Waals surface area contributed by atoms with E-state index >= 15 is 0 Å². The Labute approximate surface area is 129 Å². The fourth-order valence-corrected chi connectivity index (χ4v) is 2.91. The first kappa shape index (κ1) is 16.3. The van der Waals surface area contributed by atoms with Gasteiger partial charge in [0.15, 0.2) is 0 Å². The second-order valence-corrected chi connectivity index (χ2v) is 6.45. The molecule has 0 unspecified atom stereocenters. The van der Waals surface area contributed by atoms with Gasteiger partial charge in [0.25, 0.3) is 0 Å². The van der Waals surface area contributed by atoms with Crippen LogP contribution in [-0.4, -0.2) is 50.1 Å². The van der Waals surface area contributed by atoms with Gasteiger partial charge in [-0.05, 0) is 57.1 Å². The number of nitrogens with zero attached hydrogens (tertiary/aromatic N) is 2. The molecule has 3 nitrogen and oxygen atoms in total. The standard InChI is InChI=1S/C18H30N2O/c1-4-16-10-12-20(14-16)15-17-6-8-18(9-7-17)21-13-5-11-19(2)3/h6-9,16H,4-5,10-15H2,1-3H3/t16-/m0/s1. The van der Waals surface area contributed by atoms with Crippen LogP contribution in [-0.2, 0) is 6.54 Å². The summed E-state index contributed by atoms with van der Waals surface area (Å²) in [5.41, 5.74) is 1.40. The predicted octanol–water partition coefficient (Wildman–Crippen LogP) is 3.25. The number of rotatable bonds is 8. The molecule has 1 saturated heterocycles. The summed E-state index contributed by atoms with van der Waals surface area (Å²) in [7, 11) is 4.19. The molecule has 0 amide bonds. The van der Waals surface area contributed by atoms with E-state index in [1.54, 1.807) is 0 Å². The first-order chi connectivity index (χ1) is 10.2. The van der Waals surface area contributed by atoms with Crippen molar-refractivity contribution in [1.82, 2.24) is 9.80 Å². The van der Waals surface area contributed by atoms with Gasteiger partial charge in [-0.15, -0.1) is 0 Å². The second-order valence-electron chi connectivity index (χ2n) is 6.45. The first-order valence-corrected chi connectivity index (χ1v) is 8.26. The number of likely N-dealkylation sites (tertiary alicyclic amines) is 1. The van der Waals surface area contributed by atoms with Crippen molar-refractivity contribution in [2.24, 2.45) is 5.92 Å². The molecule has 1 fully saturated rings. The summed E-state index contributed by atoms with van der Waals surface area (Å²) in [4.78, 5) is 4.76.